The molecule has 0 atom stereocenters. The van der Waals surface area contributed by atoms with E-state index < -0.39 is 0 Å². The molecule has 0 spiro atoms. The molecule has 0 aliphatic rings. The highest BCUT2D eigenvalue weighted by Crippen LogP contribution is 2.25. The fourth-order valence-corrected chi connectivity index (χ4v) is 2.63. The van der Waals surface area contributed by atoms with Gasteiger partial charge in [0.2, 0.25) is 0 Å². The monoisotopic (exact) mass is 329 g/mol. The smallest absolute Gasteiger partial charge is 0.159 e. The number of hydrogen-bond acceptors (Lipinski definition) is 4. The van der Waals surface area contributed by atoms with E-state index in [2.05, 4.69) is 17.1 Å². The highest BCUT2D eigenvalue weighted by atomic mass is 32.2. The van der Waals surface area contributed by atoms with Crippen LogP contribution in [0.25, 0.3) is 0 Å². The van der Waals surface area contributed by atoms with Gasteiger partial charge in [0.15, 0.2) is 5.17 Å². The van der Waals surface area contributed by atoms with Gasteiger partial charge in [-0.3, -0.25) is 0 Å². The third-order valence-electron chi connectivity index (χ3n) is 3.29. The number of nitrogens with two attached hydrogens (primary N) is 2. The Kier molecular flexibility index (Phi) is 6.97. The molecule has 0 aromatic heterocycles. The largest absolute Gasteiger partial charge is 0.493 e. The molecule has 2 aromatic carbocycles. The first kappa shape index (κ1) is 17.4. The standard InChI is InChI=1S/C18H23N3OS/c1-2-23-18(20)21-16-8-9-17(15(12-16)13-19)22-11-10-14-6-4-3-5-7-14/h3-9,12H,2,10-11,13,19H2,1H3,(H2,20,21). The Hall–Kier alpha value is -1.98. The van der Waals surface area contributed by atoms with E-state index >= 15 is 0 Å². The van der Waals surface area contributed by atoms with Crippen molar-refractivity contribution in [2.45, 2.75) is 19.9 Å². The summed E-state index contributed by atoms with van der Waals surface area (Å²) in [5.74, 6) is 1.71. The number of aliphatic imine (C=N–C) groups is 1. The minimum atomic E-state index is 0.408. The fraction of sp³-hybridized carbons (Fsp3) is 0.278. The third-order valence-corrected chi connectivity index (χ3v) is 3.96. The summed E-state index contributed by atoms with van der Waals surface area (Å²) in [5.41, 5.74) is 14.7. The van der Waals surface area contributed by atoms with E-state index in [4.69, 9.17) is 16.2 Å². The lowest BCUT2D eigenvalue weighted by atomic mass is 10.1. The molecular formula is C18H23N3OS. The molecule has 2 aromatic rings. The summed E-state index contributed by atoms with van der Waals surface area (Å²) in [5, 5.41) is 0.563. The van der Waals surface area contributed by atoms with Gasteiger partial charge in [-0.1, -0.05) is 49.0 Å². The van der Waals surface area contributed by atoms with Crippen LogP contribution in [0.3, 0.4) is 0 Å². The van der Waals surface area contributed by atoms with Crippen LogP contribution in [0.2, 0.25) is 0 Å². The van der Waals surface area contributed by atoms with Crippen molar-refractivity contribution in [3.05, 3.63) is 59.7 Å². The third kappa shape index (κ3) is 5.62. The average Bonchev–Trinajstić information content (AvgIpc) is 2.57. The van der Waals surface area contributed by atoms with E-state index in [0.29, 0.717) is 18.3 Å². The number of hydrogen-bond donors (Lipinski definition) is 2. The Bertz CT molecular complexity index is 644. The van der Waals surface area contributed by atoms with Crippen LogP contribution in [0.4, 0.5) is 5.69 Å². The van der Waals surface area contributed by atoms with Gasteiger partial charge in [-0.05, 0) is 29.5 Å². The Balaban J connectivity index is 2.00. The summed E-state index contributed by atoms with van der Waals surface area (Å²) >= 11 is 1.52. The maximum Gasteiger partial charge on any atom is 0.159 e. The molecule has 0 radical (unpaired) electrons. The van der Waals surface area contributed by atoms with Crippen LogP contribution in [-0.2, 0) is 13.0 Å². The number of nitrogens with zero attached hydrogens (tertiary/aromatic N) is 1. The van der Waals surface area contributed by atoms with Gasteiger partial charge in [-0.2, -0.15) is 0 Å². The molecule has 4 N–H and O–H groups in total. The summed E-state index contributed by atoms with van der Waals surface area (Å²) in [6.45, 7) is 3.07. The number of amidine groups is 1. The molecule has 0 unspecified atom stereocenters. The second kappa shape index (κ2) is 9.22. The Morgan fingerprint density at radius 3 is 2.65 bits per heavy atom. The first-order valence-electron chi connectivity index (χ1n) is 7.69. The van der Waals surface area contributed by atoms with Crippen LogP contribution >= 0.6 is 11.8 Å². The van der Waals surface area contributed by atoms with Crippen molar-refractivity contribution >= 4 is 22.6 Å². The first-order chi connectivity index (χ1) is 11.2. The predicted octanol–water partition coefficient (Wildman–Crippen LogP) is 3.47. The van der Waals surface area contributed by atoms with Crippen LogP contribution in [0, 0.1) is 0 Å². The lowest BCUT2D eigenvalue weighted by Crippen LogP contribution is -2.07. The molecule has 0 heterocycles. The van der Waals surface area contributed by atoms with Gasteiger partial charge in [0.05, 0.1) is 12.3 Å². The maximum atomic E-state index is 5.87. The van der Waals surface area contributed by atoms with Crippen LogP contribution < -0.4 is 16.2 Å². The van der Waals surface area contributed by atoms with Crippen molar-refractivity contribution < 1.29 is 4.74 Å². The fourth-order valence-electron chi connectivity index (χ4n) is 2.17. The van der Waals surface area contributed by atoms with E-state index in [1.807, 2.05) is 43.3 Å². The van der Waals surface area contributed by atoms with E-state index in [0.717, 1.165) is 29.2 Å². The minimum Gasteiger partial charge on any atom is -0.493 e. The molecule has 0 aliphatic heterocycles. The van der Waals surface area contributed by atoms with Gasteiger partial charge in [0.1, 0.15) is 5.75 Å². The van der Waals surface area contributed by atoms with Crippen molar-refractivity contribution in [2.24, 2.45) is 16.5 Å². The zero-order chi connectivity index (χ0) is 16.5. The Morgan fingerprint density at radius 2 is 1.96 bits per heavy atom. The molecule has 0 aliphatic carbocycles. The molecule has 2 rings (SSSR count). The Labute approximate surface area is 141 Å². The molecule has 23 heavy (non-hydrogen) atoms. The molecular weight excluding hydrogens is 306 g/mol. The van der Waals surface area contributed by atoms with Crippen molar-refractivity contribution in [3.8, 4) is 5.75 Å². The van der Waals surface area contributed by atoms with Crippen LogP contribution in [0.15, 0.2) is 53.5 Å². The highest BCUT2D eigenvalue weighted by Gasteiger charge is 2.05. The predicted molar refractivity (Wildman–Crippen MR) is 99.4 cm³/mol. The second-order valence-corrected chi connectivity index (χ2v) is 6.25. The Morgan fingerprint density at radius 1 is 1.17 bits per heavy atom. The zero-order valence-corrected chi connectivity index (χ0v) is 14.2. The number of ether oxygens (including phenoxy) is 1. The molecule has 0 fully saturated rings. The topological polar surface area (TPSA) is 73.6 Å². The SMILES string of the molecule is CCSC(N)=Nc1ccc(OCCc2ccccc2)c(CN)c1. The molecule has 0 saturated carbocycles. The van der Waals surface area contributed by atoms with Crippen LogP contribution in [0.5, 0.6) is 5.75 Å². The van der Waals surface area contributed by atoms with Crippen molar-refractivity contribution in [1.29, 1.82) is 0 Å². The normalized spacial score (nSPS) is 11.5. The van der Waals surface area contributed by atoms with Crippen molar-refractivity contribution in [1.82, 2.24) is 0 Å². The van der Waals surface area contributed by atoms with Crippen molar-refractivity contribution in [3.63, 3.8) is 0 Å². The molecule has 122 valence electrons. The van der Waals surface area contributed by atoms with E-state index in [1.165, 1.54) is 17.3 Å². The van der Waals surface area contributed by atoms with Crippen LogP contribution in [0.1, 0.15) is 18.1 Å². The van der Waals surface area contributed by atoms with Gasteiger partial charge in [-0.15, -0.1) is 0 Å². The molecule has 5 heteroatoms. The first-order valence-corrected chi connectivity index (χ1v) is 8.68. The van der Waals surface area contributed by atoms with Gasteiger partial charge >= 0.3 is 0 Å². The van der Waals surface area contributed by atoms with E-state index in [9.17, 15) is 0 Å². The summed E-state index contributed by atoms with van der Waals surface area (Å²) in [6.07, 6.45) is 0.866. The van der Waals surface area contributed by atoms with Crippen molar-refractivity contribution in [2.75, 3.05) is 12.4 Å². The second-order valence-electron chi connectivity index (χ2n) is 4.96. The quantitative estimate of drug-likeness (QED) is 0.602. The number of benzene rings is 2. The molecule has 0 amide bonds. The molecule has 0 bridgehead atoms. The molecule has 0 saturated heterocycles. The minimum absolute atomic E-state index is 0.408. The zero-order valence-electron chi connectivity index (χ0n) is 13.4. The summed E-state index contributed by atoms with van der Waals surface area (Å²) in [7, 11) is 0. The van der Waals surface area contributed by atoms with Gasteiger partial charge < -0.3 is 16.2 Å². The number of thioether (sulfide) groups is 1. The highest BCUT2D eigenvalue weighted by molar-refractivity contribution is 8.13. The molecule has 4 nitrogen and oxygen atoms in total. The summed E-state index contributed by atoms with van der Waals surface area (Å²) < 4.78 is 5.87. The average molecular weight is 329 g/mol. The summed E-state index contributed by atoms with van der Waals surface area (Å²) in [4.78, 5) is 4.37. The number of rotatable bonds is 7. The summed E-state index contributed by atoms with van der Waals surface area (Å²) in [6, 6.07) is 16.0. The maximum absolute atomic E-state index is 5.87. The van der Waals surface area contributed by atoms with E-state index in [1.54, 1.807) is 0 Å². The van der Waals surface area contributed by atoms with Crippen LogP contribution in [-0.4, -0.2) is 17.5 Å². The van der Waals surface area contributed by atoms with Gasteiger partial charge in [0, 0.05) is 18.5 Å². The van der Waals surface area contributed by atoms with Gasteiger partial charge in [0.25, 0.3) is 0 Å². The lowest BCUT2D eigenvalue weighted by molar-refractivity contribution is 0.318. The van der Waals surface area contributed by atoms with Gasteiger partial charge in [-0.25, -0.2) is 4.99 Å². The van der Waals surface area contributed by atoms with E-state index in [-0.39, 0.29) is 0 Å². The lowest BCUT2D eigenvalue weighted by Gasteiger charge is -2.11.